The average molecular weight is 415 g/mol. The van der Waals surface area contributed by atoms with Crippen LogP contribution in [0.2, 0.25) is 0 Å². The second-order valence-corrected chi connectivity index (χ2v) is 9.95. The molecule has 0 aliphatic carbocycles. The summed E-state index contributed by atoms with van der Waals surface area (Å²) in [5.41, 5.74) is 4.94. The highest BCUT2D eigenvalue weighted by molar-refractivity contribution is 7.23. The van der Waals surface area contributed by atoms with Gasteiger partial charge in [-0.15, -0.1) is 0 Å². The van der Waals surface area contributed by atoms with Gasteiger partial charge in [0, 0.05) is 45.2 Å². The van der Waals surface area contributed by atoms with Gasteiger partial charge >= 0.3 is 0 Å². The molecule has 0 saturated carbocycles. The number of methoxy groups -OCH3 is 1. The van der Waals surface area contributed by atoms with Crippen molar-refractivity contribution >= 4 is 32.4 Å². The van der Waals surface area contributed by atoms with Crippen molar-refractivity contribution in [2.75, 3.05) is 39.9 Å². The predicted molar refractivity (Wildman–Crippen MR) is 118 cm³/mol. The molecular weight excluding hydrogens is 384 g/mol. The molecule has 0 bridgehead atoms. The Labute approximate surface area is 176 Å². The van der Waals surface area contributed by atoms with E-state index < -0.39 is 0 Å². The van der Waals surface area contributed by atoms with Crippen molar-refractivity contribution in [1.29, 1.82) is 0 Å². The largest absolute Gasteiger partial charge is 0.375 e. The third-order valence-electron chi connectivity index (χ3n) is 5.58. The number of aromatic nitrogens is 2. The molecule has 0 N–H and O–H groups in total. The molecule has 29 heavy (non-hydrogen) atoms. The van der Waals surface area contributed by atoms with Gasteiger partial charge in [0.25, 0.3) is 0 Å². The maximum absolute atomic E-state index is 12.1. The Bertz CT molecular complexity index is 1040. The van der Waals surface area contributed by atoms with E-state index in [1.807, 2.05) is 4.90 Å². The van der Waals surface area contributed by atoms with Gasteiger partial charge < -0.3 is 9.64 Å². The first-order valence-electron chi connectivity index (χ1n) is 10.2. The number of carbonyl (C=O) groups is 1. The van der Waals surface area contributed by atoms with Gasteiger partial charge in [0.2, 0.25) is 5.91 Å². The number of benzene rings is 1. The number of hydrogen-bond donors (Lipinski definition) is 0. The second kappa shape index (κ2) is 7.70. The van der Waals surface area contributed by atoms with Gasteiger partial charge in [-0.3, -0.25) is 14.1 Å². The lowest BCUT2D eigenvalue weighted by molar-refractivity contribution is -0.136. The molecule has 2 aromatic heterocycles. The predicted octanol–water partition coefficient (Wildman–Crippen LogP) is 3.45. The van der Waals surface area contributed by atoms with Gasteiger partial charge in [0.05, 0.1) is 21.6 Å². The molecule has 1 aromatic carbocycles. The number of amides is 1. The summed E-state index contributed by atoms with van der Waals surface area (Å²) in [5.74, 6) is 0.0773. The van der Waals surface area contributed by atoms with Crippen LogP contribution in [0.1, 0.15) is 37.7 Å². The van der Waals surface area contributed by atoms with Crippen LogP contribution in [0.25, 0.3) is 15.2 Å². The van der Waals surface area contributed by atoms with Crippen LogP contribution in [0.3, 0.4) is 0 Å². The molecule has 1 fully saturated rings. The Morgan fingerprint density at radius 1 is 1.21 bits per heavy atom. The maximum atomic E-state index is 12.1. The summed E-state index contributed by atoms with van der Waals surface area (Å²) in [7, 11) is 1.57. The number of imidazole rings is 1. The van der Waals surface area contributed by atoms with E-state index in [1.165, 1.54) is 27.2 Å². The summed E-state index contributed by atoms with van der Waals surface area (Å²) in [4.78, 5) is 22.6. The first kappa shape index (κ1) is 20.3. The molecule has 156 valence electrons. The maximum Gasteiger partial charge on any atom is 0.248 e. The summed E-state index contributed by atoms with van der Waals surface area (Å²) in [6.45, 7) is 13.1. The Morgan fingerprint density at radius 2 is 1.93 bits per heavy atom. The number of rotatable bonds is 4. The van der Waals surface area contributed by atoms with Crippen LogP contribution >= 0.6 is 11.3 Å². The summed E-state index contributed by atoms with van der Waals surface area (Å²) in [6.07, 6.45) is 0. The molecule has 1 amide bonds. The van der Waals surface area contributed by atoms with Crippen molar-refractivity contribution in [2.24, 2.45) is 0 Å². The van der Waals surface area contributed by atoms with Crippen LogP contribution in [-0.2, 0) is 21.5 Å². The van der Waals surface area contributed by atoms with E-state index in [1.54, 1.807) is 18.4 Å². The molecule has 6 nitrogen and oxygen atoms in total. The number of fused-ring (bicyclic) bond motifs is 3. The average Bonchev–Trinajstić information content (AvgIpc) is 3.18. The highest BCUT2D eigenvalue weighted by Crippen LogP contribution is 2.34. The van der Waals surface area contributed by atoms with Gasteiger partial charge in [0.15, 0.2) is 4.96 Å². The highest BCUT2D eigenvalue weighted by Gasteiger charge is 2.28. The van der Waals surface area contributed by atoms with Crippen molar-refractivity contribution in [2.45, 2.75) is 39.7 Å². The van der Waals surface area contributed by atoms with Crippen LogP contribution in [0, 0.1) is 6.92 Å². The standard InChI is InChI=1S/C22H30N4O2S/c1-15-6-7-16-18(12-15)29-21-23-20(22(2,3)4)17(26(16)21)13-24-8-10-25(11-9-24)19(27)14-28-5/h6-7,12H,8-11,13-14H2,1-5H3. The molecule has 1 aliphatic rings. The minimum atomic E-state index is -0.0195. The third kappa shape index (κ3) is 3.91. The summed E-state index contributed by atoms with van der Waals surface area (Å²) in [5, 5.41) is 0. The van der Waals surface area contributed by atoms with Crippen molar-refractivity contribution in [3.63, 3.8) is 0 Å². The molecule has 1 saturated heterocycles. The molecule has 7 heteroatoms. The Hall–Kier alpha value is -1.96. The first-order valence-corrected chi connectivity index (χ1v) is 11.0. The number of carbonyl (C=O) groups excluding carboxylic acids is 1. The second-order valence-electron chi connectivity index (χ2n) is 8.94. The summed E-state index contributed by atoms with van der Waals surface area (Å²) >= 11 is 1.77. The van der Waals surface area contributed by atoms with Gasteiger partial charge in [-0.05, 0) is 24.6 Å². The van der Waals surface area contributed by atoms with E-state index in [4.69, 9.17) is 9.72 Å². The number of thiazole rings is 1. The summed E-state index contributed by atoms with van der Waals surface area (Å²) in [6, 6.07) is 6.64. The van der Waals surface area contributed by atoms with Gasteiger partial charge in [-0.1, -0.05) is 38.2 Å². The molecule has 3 aromatic rings. The highest BCUT2D eigenvalue weighted by atomic mass is 32.1. The lowest BCUT2D eigenvalue weighted by atomic mass is 9.90. The lowest BCUT2D eigenvalue weighted by Gasteiger charge is -2.35. The van der Waals surface area contributed by atoms with E-state index in [2.05, 4.69) is 55.2 Å². The van der Waals surface area contributed by atoms with Gasteiger partial charge in [0.1, 0.15) is 6.61 Å². The van der Waals surface area contributed by atoms with Crippen LogP contribution in [0.5, 0.6) is 0 Å². The summed E-state index contributed by atoms with van der Waals surface area (Å²) < 4.78 is 8.63. The quantitative estimate of drug-likeness (QED) is 0.656. The van der Waals surface area contributed by atoms with Crippen molar-refractivity contribution in [1.82, 2.24) is 19.2 Å². The molecular formula is C22H30N4O2S. The minimum absolute atomic E-state index is 0.0195. The third-order valence-corrected chi connectivity index (χ3v) is 6.58. The zero-order chi connectivity index (χ0) is 20.8. The number of hydrogen-bond acceptors (Lipinski definition) is 5. The fraction of sp³-hybridized carbons (Fsp3) is 0.545. The molecule has 0 atom stereocenters. The van der Waals surface area contributed by atoms with Crippen molar-refractivity contribution in [3.8, 4) is 0 Å². The fourth-order valence-electron chi connectivity index (χ4n) is 4.06. The van der Waals surface area contributed by atoms with Crippen LogP contribution in [0.4, 0.5) is 0 Å². The van der Waals surface area contributed by atoms with Crippen LogP contribution in [0.15, 0.2) is 18.2 Å². The van der Waals surface area contributed by atoms with Gasteiger partial charge in [-0.25, -0.2) is 4.98 Å². The number of aryl methyl sites for hydroxylation is 1. The zero-order valence-corrected chi connectivity index (χ0v) is 18.8. The fourth-order valence-corrected chi connectivity index (χ4v) is 5.20. The van der Waals surface area contributed by atoms with Crippen molar-refractivity contribution in [3.05, 3.63) is 35.2 Å². The molecule has 0 unspecified atom stereocenters. The molecule has 4 rings (SSSR count). The van der Waals surface area contributed by atoms with Gasteiger partial charge in [-0.2, -0.15) is 0 Å². The number of ether oxygens (including phenoxy) is 1. The Kier molecular flexibility index (Phi) is 5.40. The Balaban J connectivity index is 1.65. The molecule has 3 heterocycles. The van der Waals surface area contributed by atoms with E-state index in [9.17, 15) is 4.79 Å². The SMILES string of the molecule is COCC(=O)N1CCN(Cc2c(C(C)(C)C)nc3sc4cc(C)ccc4n23)CC1. The van der Waals surface area contributed by atoms with Crippen LogP contribution < -0.4 is 0 Å². The minimum Gasteiger partial charge on any atom is -0.375 e. The van der Waals surface area contributed by atoms with E-state index in [0.29, 0.717) is 0 Å². The monoisotopic (exact) mass is 414 g/mol. The number of piperazine rings is 1. The van der Waals surface area contributed by atoms with Crippen molar-refractivity contribution < 1.29 is 9.53 Å². The number of nitrogens with zero attached hydrogens (tertiary/aromatic N) is 4. The first-order chi connectivity index (χ1) is 13.8. The van der Waals surface area contributed by atoms with E-state index in [-0.39, 0.29) is 17.9 Å². The Morgan fingerprint density at radius 3 is 2.59 bits per heavy atom. The molecule has 0 spiro atoms. The smallest absolute Gasteiger partial charge is 0.248 e. The molecule has 0 radical (unpaired) electrons. The lowest BCUT2D eigenvalue weighted by Crippen LogP contribution is -2.49. The zero-order valence-electron chi connectivity index (χ0n) is 18.0. The van der Waals surface area contributed by atoms with E-state index >= 15 is 0 Å². The molecule has 1 aliphatic heterocycles. The topological polar surface area (TPSA) is 50.1 Å². The van der Waals surface area contributed by atoms with E-state index in [0.717, 1.165) is 37.7 Å². The van der Waals surface area contributed by atoms with Crippen LogP contribution in [-0.4, -0.2) is 65.0 Å². The normalized spacial score (nSPS) is 16.2.